The maximum atomic E-state index is 9.90. The maximum absolute atomic E-state index is 9.90. The first kappa shape index (κ1) is 17.8. The molecular weight excluding hydrogens is 356 g/mol. The summed E-state index contributed by atoms with van der Waals surface area (Å²) in [4.78, 5) is 2.15. The third kappa shape index (κ3) is 4.35. The molecule has 6 heteroatoms. The van der Waals surface area contributed by atoms with Crippen LogP contribution in [0.4, 0.5) is 0 Å². The monoisotopic (exact) mass is 376 g/mol. The summed E-state index contributed by atoms with van der Waals surface area (Å²) < 4.78 is 5.20. The molecule has 0 fully saturated rings. The predicted octanol–water partition coefficient (Wildman–Crippen LogP) is 3.53. The highest BCUT2D eigenvalue weighted by Gasteiger charge is 2.20. The molecule has 0 radical (unpaired) electrons. The molecule has 0 unspecified atom stereocenters. The van der Waals surface area contributed by atoms with Crippen LogP contribution >= 0.6 is 23.8 Å². The lowest BCUT2D eigenvalue weighted by Gasteiger charge is -2.31. The van der Waals surface area contributed by atoms with Gasteiger partial charge in [-0.25, -0.2) is 0 Å². The maximum Gasteiger partial charge on any atom is 0.169 e. The van der Waals surface area contributed by atoms with Gasteiger partial charge >= 0.3 is 0 Å². The highest BCUT2D eigenvalue weighted by atomic mass is 35.5. The van der Waals surface area contributed by atoms with Gasteiger partial charge < -0.3 is 20.1 Å². The van der Waals surface area contributed by atoms with Crippen LogP contribution in [0.5, 0.6) is 11.5 Å². The fourth-order valence-corrected chi connectivity index (χ4v) is 3.37. The molecule has 0 saturated heterocycles. The van der Waals surface area contributed by atoms with Gasteiger partial charge in [0.2, 0.25) is 0 Å². The summed E-state index contributed by atoms with van der Waals surface area (Å²) in [5.74, 6) is 0.695. The zero-order chi connectivity index (χ0) is 17.8. The first-order valence-electron chi connectivity index (χ1n) is 8.23. The smallest absolute Gasteiger partial charge is 0.169 e. The van der Waals surface area contributed by atoms with E-state index >= 15 is 0 Å². The molecule has 0 saturated carbocycles. The van der Waals surface area contributed by atoms with Gasteiger partial charge in [0.15, 0.2) is 16.6 Å². The van der Waals surface area contributed by atoms with Crippen LogP contribution in [-0.2, 0) is 19.4 Å². The van der Waals surface area contributed by atoms with Gasteiger partial charge in [0, 0.05) is 24.7 Å². The minimum absolute atomic E-state index is 0.193. The Bertz CT molecular complexity index is 765. The van der Waals surface area contributed by atoms with Gasteiger partial charge in [-0.05, 0) is 66.0 Å². The van der Waals surface area contributed by atoms with Crippen molar-refractivity contribution in [2.75, 3.05) is 20.2 Å². The Morgan fingerprint density at radius 3 is 2.76 bits per heavy atom. The molecule has 0 atom stereocenters. The molecule has 0 amide bonds. The van der Waals surface area contributed by atoms with Crippen LogP contribution in [0.25, 0.3) is 0 Å². The minimum Gasteiger partial charge on any atom is -0.504 e. The Morgan fingerprint density at radius 1 is 1.28 bits per heavy atom. The molecule has 1 aliphatic rings. The van der Waals surface area contributed by atoms with E-state index in [9.17, 15) is 5.11 Å². The predicted molar refractivity (Wildman–Crippen MR) is 105 cm³/mol. The SMILES string of the molecule is COc1cc2c(cc1O)CCN(C(=S)NCCc1ccc(Cl)cc1)C2. The fraction of sp³-hybridized carbons (Fsp3) is 0.316. The Hall–Kier alpha value is -1.98. The molecule has 1 aliphatic heterocycles. The first-order valence-corrected chi connectivity index (χ1v) is 9.01. The van der Waals surface area contributed by atoms with E-state index in [1.165, 1.54) is 5.56 Å². The molecule has 0 bridgehead atoms. The summed E-state index contributed by atoms with van der Waals surface area (Å²) in [7, 11) is 1.56. The number of thiocarbonyl (C=S) groups is 1. The van der Waals surface area contributed by atoms with Crippen molar-refractivity contribution in [3.8, 4) is 11.5 Å². The Labute approximate surface area is 158 Å². The van der Waals surface area contributed by atoms with Crippen LogP contribution in [0, 0.1) is 0 Å². The molecule has 1 heterocycles. The normalized spacial score (nSPS) is 13.3. The van der Waals surface area contributed by atoms with E-state index in [-0.39, 0.29) is 5.75 Å². The number of nitrogens with one attached hydrogen (secondary N) is 1. The van der Waals surface area contributed by atoms with Gasteiger partial charge in [0.05, 0.1) is 7.11 Å². The first-order chi connectivity index (χ1) is 12.1. The minimum atomic E-state index is 0.193. The number of aromatic hydroxyl groups is 1. The van der Waals surface area contributed by atoms with E-state index in [1.807, 2.05) is 30.3 Å². The van der Waals surface area contributed by atoms with Crippen molar-refractivity contribution < 1.29 is 9.84 Å². The van der Waals surface area contributed by atoms with Crippen LogP contribution in [0.15, 0.2) is 36.4 Å². The zero-order valence-electron chi connectivity index (χ0n) is 14.1. The lowest BCUT2D eigenvalue weighted by Crippen LogP contribution is -2.43. The average molecular weight is 377 g/mol. The number of methoxy groups -OCH3 is 1. The van der Waals surface area contributed by atoms with Gasteiger partial charge in [-0.15, -0.1) is 0 Å². The molecule has 2 N–H and O–H groups in total. The van der Waals surface area contributed by atoms with Crippen molar-refractivity contribution in [2.45, 2.75) is 19.4 Å². The summed E-state index contributed by atoms with van der Waals surface area (Å²) in [6.45, 7) is 2.34. The number of phenols is 1. The number of fused-ring (bicyclic) bond motifs is 1. The number of ether oxygens (including phenoxy) is 1. The summed E-state index contributed by atoms with van der Waals surface area (Å²) in [6, 6.07) is 11.6. The van der Waals surface area contributed by atoms with E-state index in [4.69, 9.17) is 28.6 Å². The quantitative estimate of drug-likeness (QED) is 0.799. The third-order valence-corrected chi connectivity index (χ3v) is 5.06. The molecule has 4 nitrogen and oxygen atoms in total. The molecule has 0 spiro atoms. The standard InChI is InChI=1S/C19H21ClN2O2S/c1-24-18-11-15-12-22(9-7-14(15)10-17(18)23)19(25)21-8-6-13-2-4-16(20)5-3-13/h2-5,10-11,23H,6-9,12H2,1H3,(H,21,25). The van der Waals surface area contributed by atoms with Crippen molar-refractivity contribution in [2.24, 2.45) is 0 Å². The largest absolute Gasteiger partial charge is 0.504 e. The van der Waals surface area contributed by atoms with Crippen molar-refractivity contribution in [3.05, 3.63) is 58.1 Å². The summed E-state index contributed by atoms with van der Waals surface area (Å²) in [5, 5.41) is 14.7. The number of nitrogens with zero attached hydrogens (tertiary/aromatic N) is 1. The molecule has 0 aliphatic carbocycles. The second-order valence-electron chi connectivity index (χ2n) is 6.07. The van der Waals surface area contributed by atoms with E-state index in [2.05, 4.69) is 10.2 Å². The summed E-state index contributed by atoms with van der Waals surface area (Å²) in [5.41, 5.74) is 3.52. The van der Waals surface area contributed by atoms with Gasteiger partial charge in [-0.1, -0.05) is 23.7 Å². The van der Waals surface area contributed by atoms with Crippen LogP contribution in [0.3, 0.4) is 0 Å². The van der Waals surface area contributed by atoms with Crippen LogP contribution < -0.4 is 10.1 Å². The molecule has 3 rings (SSSR count). The number of hydrogen-bond acceptors (Lipinski definition) is 3. The van der Waals surface area contributed by atoms with Crippen LogP contribution in [0.1, 0.15) is 16.7 Å². The van der Waals surface area contributed by atoms with E-state index in [1.54, 1.807) is 13.2 Å². The van der Waals surface area contributed by atoms with Crippen LogP contribution in [0.2, 0.25) is 5.02 Å². The van der Waals surface area contributed by atoms with Gasteiger partial charge in [0.1, 0.15) is 0 Å². The average Bonchev–Trinajstić information content (AvgIpc) is 2.62. The van der Waals surface area contributed by atoms with E-state index in [0.29, 0.717) is 5.75 Å². The van der Waals surface area contributed by atoms with Gasteiger partial charge in [0.25, 0.3) is 0 Å². The summed E-state index contributed by atoms with van der Waals surface area (Å²) in [6.07, 6.45) is 1.75. The number of halogens is 1. The number of phenolic OH excluding ortho intramolecular Hbond substituents is 1. The Kier molecular flexibility index (Phi) is 5.66. The third-order valence-electron chi connectivity index (χ3n) is 4.40. The molecule has 25 heavy (non-hydrogen) atoms. The molecular formula is C19H21ClN2O2S. The van der Waals surface area contributed by atoms with Crippen molar-refractivity contribution in [3.63, 3.8) is 0 Å². The second-order valence-corrected chi connectivity index (χ2v) is 6.90. The Morgan fingerprint density at radius 2 is 2.04 bits per heavy atom. The lowest BCUT2D eigenvalue weighted by atomic mass is 9.99. The molecule has 0 aromatic heterocycles. The van der Waals surface area contributed by atoms with Crippen molar-refractivity contribution in [1.82, 2.24) is 10.2 Å². The zero-order valence-corrected chi connectivity index (χ0v) is 15.7. The molecule has 132 valence electrons. The highest BCUT2D eigenvalue weighted by molar-refractivity contribution is 7.80. The Balaban J connectivity index is 1.56. The summed E-state index contributed by atoms with van der Waals surface area (Å²) >= 11 is 11.4. The fourth-order valence-electron chi connectivity index (χ4n) is 2.99. The van der Waals surface area contributed by atoms with E-state index in [0.717, 1.165) is 53.7 Å². The van der Waals surface area contributed by atoms with Gasteiger partial charge in [-0.3, -0.25) is 0 Å². The lowest BCUT2D eigenvalue weighted by molar-refractivity contribution is 0.361. The topological polar surface area (TPSA) is 44.7 Å². The van der Waals surface area contributed by atoms with Gasteiger partial charge in [-0.2, -0.15) is 0 Å². The molecule has 2 aromatic carbocycles. The van der Waals surface area contributed by atoms with Crippen molar-refractivity contribution in [1.29, 1.82) is 0 Å². The number of benzene rings is 2. The second kappa shape index (κ2) is 7.93. The number of hydrogen-bond donors (Lipinski definition) is 2. The molecule has 2 aromatic rings. The van der Waals surface area contributed by atoms with Crippen molar-refractivity contribution >= 4 is 28.9 Å². The van der Waals surface area contributed by atoms with E-state index < -0.39 is 0 Å². The number of rotatable bonds is 4. The highest BCUT2D eigenvalue weighted by Crippen LogP contribution is 2.32. The van der Waals surface area contributed by atoms with Crippen LogP contribution in [-0.4, -0.2) is 35.3 Å².